The summed E-state index contributed by atoms with van der Waals surface area (Å²) in [4.78, 5) is 0. The molecule has 0 unspecified atom stereocenters. The fraction of sp³-hybridized carbons (Fsp3) is 0.581. The molecule has 0 atom stereocenters. The van der Waals surface area contributed by atoms with Gasteiger partial charge in [0, 0.05) is 5.41 Å². The Morgan fingerprint density at radius 2 is 1.02 bits per heavy atom. The van der Waals surface area contributed by atoms with Crippen molar-refractivity contribution in [1.29, 1.82) is 0 Å². The topological polar surface area (TPSA) is 0 Å². The van der Waals surface area contributed by atoms with Crippen LogP contribution in [0.25, 0.3) is 22.3 Å². The van der Waals surface area contributed by atoms with Crippen molar-refractivity contribution < 1.29 is 0 Å². The predicted octanol–water partition coefficient (Wildman–Crippen LogP) is 13.8. The van der Waals surface area contributed by atoms with E-state index in [0.717, 1.165) is 0 Å². The van der Waals surface area contributed by atoms with Crippen LogP contribution in [0.1, 0.15) is 166 Å². The van der Waals surface area contributed by atoms with Crippen molar-refractivity contribution in [2.45, 2.75) is 162 Å². The van der Waals surface area contributed by atoms with Crippen LogP contribution in [0.3, 0.4) is 0 Å². The van der Waals surface area contributed by atoms with Crippen LogP contribution in [0.5, 0.6) is 0 Å². The predicted molar refractivity (Wildman–Crippen MR) is 191 cm³/mol. The van der Waals surface area contributed by atoms with Gasteiger partial charge in [-0.2, -0.15) is 0 Å². The monoisotopic (exact) mass is 578 g/mol. The molecule has 0 aliphatic heterocycles. The molecule has 43 heavy (non-hydrogen) atoms. The highest BCUT2D eigenvalue weighted by molar-refractivity contribution is 5.84. The fourth-order valence-corrected chi connectivity index (χ4v) is 7.76. The normalized spacial score (nSPS) is 13.3. The molecule has 3 aromatic carbocycles. The van der Waals surface area contributed by atoms with Gasteiger partial charge in [-0.25, -0.2) is 0 Å². The summed E-state index contributed by atoms with van der Waals surface area (Å²) in [6.07, 6.45) is 26.2. The molecule has 3 aromatic rings. The maximum atomic E-state index is 2.67. The van der Waals surface area contributed by atoms with Crippen molar-refractivity contribution in [3.8, 4) is 22.3 Å². The summed E-state index contributed by atoms with van der Waals surface area (Å²) in [6, 6.07) is 24.6. The molecular weight excluding hydrogens is 516 g/mol. The number of benzene rings is 3. The Hall–Kier alpha value is -2.34. The van der Waals surface area contributed by atoms with Gasteiger partial charge in [-0.1, -0.05) is 172 Å². The maximum Gasteiger partial charge on any atom is 0.0215 e. The summed E-state index contributed by atoms with van der Waals surface area (Å²) in [6.45, 7) is 9.30. The van der Waals surface area contributed by atoms with E-state index in [4.69, 9.17) is 0 Å². The SMILES string of the molecule is CCCCCCc1ccc(CCCCCC)c(-c2ccc3c(c2)C(CCCCCC)(CCCCCC)c2ccccc2-3)c1. The van der Waals surface area contributed by atoms with E-state index in [-0.39, 0.29) is 5.41 Å². The largest absolute Gasteiger partial charge is 0.0654 e. The number of rotatable bonds is 21. The minimum absolute atomic E-state index is 0.155. The Balaban J connectivity index is 1.75. The average Bonchev–Trinajstić information content (AvgIpc) is 3.31. The minimum Gasteiger partial charge on any atom is -0.0654 e. The van der Waals surface area contributed by atoms with Crippen LogP contribution in [-0.4, -0.2) is 0 Å². The summed E-state index contributed by atoms with van der Waals surface area (Å²) in [5, 5.41) is 0. The lowest BCUT2D eigenvalue weighted by Gasteiger charge is -2.33. The zero-order valence-corrected chi connectivity index (χ0v) is 28.4. The Morgan fingerprint density at radius 1 is 0.442 bits per heavy atom. The van der Waals surface area contributed by atoms with E-state index in [2.05, 4.69) is 88.4 Å². The molecule has 4 rings (SSSR count). The number of fused-ring (bicyclic) bond motifs is 3. The molecule has 0 bridgehead atoms. The lowest BCUT2D eigenvalue weighted by Crippen LogP contribution is -2.25. The fourth-order valence-electron chi connectivity index (χ4n) is 7.76. The van der Waals surface area contributed by atoms with Crippen molar-refractivity contribution in [2.24, 2.45) is 0 Å². The zero-order chi connectivity index (χ0) is 30.3. The van der Waals surface area contributed by atoms with Gasteiger partial charge in [-0.05, 0) is 89.1 Å². The van der Waals surface area contributed by atoms with E-state index in [1.54, 1.807) is 16.7 Å². The smallest absolute Gasteiger partial charge is 0.0215 e. The third kappa shape index (κ3) is 8.65. The Bertz CT molecular complexity index is 1220. The van der Waals surface area contributed by atoms with Gasteiger partial charge in [0.1, 0.15) is 0 Å². The van der Waals surface area contributed by atoms with Gasteiger partial charge in [-0.15, -0.1) is 0 Å². The van der Waals surface area contributed by atoms with E-state index in [1.807, 2.05) is 0 Å². The first-order chi connectivity index (χ1) is 21.2. The van der Waals surface area contributed by atoms with Gasteiger partial charge in [0.2, 0.25) is 0 Å². The Morgan fingerprint density at radius 3 is 1.67 bits per heavy atom. The average molecular weight is 579 g/mol. The van der Waals surface area contributed by atoms with Gasteiger partial charge in [0.25, 0.3) is 0 Å². The molecule has 0 heterocycles. The van der Waals surface area contributed by atoms with E-state index >= 15 is 0 Å². The first-order valence-electron chi connectivity index (χ1n) is 18.5. The highest BCUT2D eigenvalue weighted by atomic mass is 14.4. The first kappa shape index (κ1) is 33.6. The maximum absolute atomic E-state index is 2.67. The number of unbranched alkanes of at least 4 members (excludes halogenated alkanes) is 12. The van der Waals surface area contributed by atoms with Crippen LogP contribution in [0.4, 0.5) is 0 Å². The lowest BCUT2D eigenvalue weighted by atomic mass is 9.70. The molecule has 1 aliphatic carbocycles. The van der Waals surface area contributed by atoms with Crippen molar-refractivity contribution >= 4 is 0 Å². The van der Waals surface area contributed by atoms with Gasteiger partial charge in [0.05, 0.1) is 0 Å². The first-order valence-corrected chi connectivity index (χ1v) is 18.5. The van der Waals surface area contributed by atoms with Crippen molar-refractivity contribution in [1.82, 2.24) is 0 Å². The molecule has 0 N–H and O–H groups in total. The molecule has 0 saturated heterocycles. The van der Waals surface area contributed by atoms with Crippen LogP contribution in [0.2, 0.25) is 0 Å². The van der Waals surface area contributed by atoms with Crippen LogP contribution < -0.4 is 0 Å². The summed E-state index contributed by atoms with van der Waals surface area (Å²) in [5.74, 6) is 0. The highest BCUT2D eigenvalue weighted by Crippen LogP contribution is 2.55. The second-order valence-electron chi connectivity index (χ2n) is 13.6. The highest BCUT2D eigenvalue weighted by Gasteiger charge is 2.42. The summed E-state index contributed by atoms with van der Waals surface area (Å²) < 4.78 is 0. The number of hydrogen-bond acceptors (Lipinski definition) is 0. The number of aryl methyl sites for hydroxylation is 2. The third-order valence-electron chi connectivity index (χ3n) is 10.3. The van der Waals surface area contributed by atoms with Crippen molar-refractivity contribution in [3.63, 3.8) is 0 Å². The van der Waals surface area contributed by atoms with E-state index in [0.29, 0.717) is 0 Å². The van der Waals surface area contributed by atoms with E-state index in [1.165, 1.54) is 156 Å². The molecule has 1 aliphatic rings. The van der Waals surface area contributed by atoms with Gasteiger partial charge >= 0.3 is 0 Å². The van der Waals surface area contributed by atoms with Gasteiger partial charge in [0.15, 0.2) is 0 Å². The van der Waals surface area contributed by atoms with Crippen LogP contribution in [0, 0.1) is 0 Å². The molecule has 0 saturated carbocycles. The van der Waals surface area contributed by atoms with Gasteiger partial charge < -0.3 is 0 Å². The molecule has 0 heteroatoms. The lowest BCUT2D eigenvalue weighted by molar-refractivity contribution is 0.401. The van der Waals surface area contributed by atoms with Gasteiger partial charge in [-0.3, -0.25) is 0 Å². The van der Waals surface area contributed by atoms with Crippen molar-refractivity contribution in [2.75, 3.05) is 0 Å². The molecule has 0 radical (unpaired) electrons. The number of hydrogen-bond donors (Lipinski definition) is 0. The van der Waals surface area contributed by atoms with Crippen molar-refractivity contribution in [3.05, 3.63) is 82.9 Å². The Labute approximate surface area is 266 Å². The quantitative estimate of drug-likeness (QED) is 0.110. The summed E-state index contributed by atoms with van der Waals surface area (Å²) in [7, 11) is 0. The minimum atomic E-state index is 0.155. The van der Waals surface area contributed by atoms with E-state index in [9.17, 15) is 0 Å². The van der Waals surface area contributed by atoms with E-state index < -0.39 is 0 Å². The summed E-state index contributed by atoms with van der Waals surface area (Å²) >= 11 is 0. The molecule has 0 amide bonds. The van der Waals surface area contributed by atoms with Crippen LogP contribution in [0.15, 0.2) is 60.7 Å². The Kier molecular flexibility index (Phi) is 13.9. The zero-order valence-electron chi connectivity index (χ0n) is 28.4. The summed E-state index contributed by atoms with van der Waals surface area (Å²) in [5.41, 5.74) is 12.4. The second-order valence-corrected chi connectivity index (χ2v) is 13.6. The molecule has 0 nitrogen and oxygen atoms in total. The molecule has 234 valence electrons. The standard InChI is InChI=1S/C43H62/c1-5-9-13-17-23-35-27-28-36(24-18-14-10-6-2)40(33-35)37-29-30-39-38-25-19-20-26-41(38)43(42(39)34-37,31-21-15-11-7-3)32-22-16-12-8-4/h19-20,25-30,33-34H,5-18,21-24,31-32H2,1-4H3. The molecule has 0 aromatic heterocycles. The molecule has 0 fully saturated rings. The van der Waals surface area contributed by atoms with Crippen LogP contribution in [-0.2, 0) is 18.3 Å². The third-order valence-corrected chi connectivity index (χ3v) is 10.3. The molecular formula is C43H62. The second kappa shape index (κ2) is 17.8. The molecule has 0 spiro atoms. The van der Waals surface area contributed by atoms with Crippen LogP contribution >= 0.6 is 0 Å².